The van der Waals surface area contributed by atoms with Crippen LogP contribution in [0.25, 0.3) is 27.5 Å². The molecule has 0 spiro atoms. The van der Waals surface area contributed by atoms with Crippen LogP contribution >= 0.6 is 0 Å². The van der Waals surface area contributed by atoms with Gasteiger partial charge in [-0.2, -0.15) is 4.57 Å². The Kier molecular flexibility index (Phi) is 2.93. The van der Waals surface area contributed by atoms with E-state index in [9.17, 15) is 4.79 Å². The average Bonchev–Trinajstić information content (AvgIpc) is 3.04. The zero-order chi connectivity index (χ0) is 14.8. The number of carbonyl (C=O) groups is 1. The summed E-state index contributed by atoms with van der Waals surface area (Å²) in [6, 6.07) is 16.2. The summed E-state index contributed by atoms with van der Waals surface area (Å²) in [6.07, 6.45) is 2.00. The lowest BCUT2D eigenvalue weighted by atomic mass is 10.1. The number of aromatic amines is 1. The molecule has 2 aromatic carbocycles. The molecule has 3 nitrogen and oxygen atoms in total. The zero-order valence-corrected chi connectivity index (χ0v) is 14.0. The van der Waals surface area contributed by atoms with Crippen LogP contribution in [0.4, 0.5) is 0 Å². The van der Waals surface area contributed by atoms with Crippen LogP contribution in [0.3, 0.4) is 0 Å². The number of pyridine rings is 1. The third-order valence-corrected chi connectivity index (χ3v) is 4.49. The third-order valence-electron chi connectivity index (χ3n) is 4.49. The van der Waals surface area contributed by atoms with Gasteiger partial charge >= 0.3 is 0 Å². The van der Waals surface area contributed by atoms with Gasteiger partial charge in [-0.05, 0) is 25.1 Å². The highest BCUT2D eigenvalue weighted by atomic mass is 79.9. The van der Waals surface area contributed by atoms with Gasteiger partial charge in [-0.15, -0.1) is 0 Å². The molecule has 0 atom stereocenters. The molecular formula is C19H13BrN2O. The number of nitrogens with one attached hydrogen (secondary N) is 1. The van der Waals surface area contributed by atoms with Gasteiger partial charge in [0, 0.05) is 28.4 Å². The first-order valence-electron chi connectivity index (χ1n) is 7.35. The molecule has 1 aliphatic heterocycles. The fourth-order valence-corrected chi connectivity index (χ4v) is 3.46. The van der Waals surface area contributed by atoms with E-state index in [1.807, 2.05) is 35.0 Å². The molecule has 4 heteroatoms. The van der Waals surface area contributed by atoms with Crippen LogP contribution in [-0.2, 0) is 0 Å². The molecule has 0 saturated carbocycles. The number of hydrogen-bond acceptors (Lipinski definition) is 1. The number of hydrogen-bond donors (Lipinski definition) is 1. The maximum absolute atomic E-state index is 12.8. The Balaban J connectivity index is 0.00000135. The Morgan fingerprint density at radius 1 is 1.00 bits per heavy atom. The maximum Gasteiger partial charge on any atom is 0.284 e. The first-order valence-corrected chi connectivity index (χ1v) is 7.35. The van der Waals surface area contributed by atoms with Crippen molar-refractivity contribution in [3.05, 3.63) is 71.5 Å². The number of para-hydroxylation sites is 1. The number of rotatable bonds is 0. The van der Waals surface area contributed by atoms with E-state index in [0.717, 1.165) is 33.4 Å². The highest BCUT2D eigenvalue weighted by Gasteiger charge is 2.37. The number of benzene rings is 2. The fourth-order valence-electron chi connectivity index (χ4n) is 3.46. The maximum atomic E-state index is 12.8. The van der Waals surface area contributed by atoms with E-state index >= 15 is 0 Å². The van der Waals surface area contributed by atoms with E-state index in [0.29, 0.717) is 0 Å². The van der Waals surface area contributed by atoms with Crippen LogP contribution in [0, 0.1) is 6.92 Å². The van der Waals surface area contributed by atoms with Gasteiger partial charge in [0.2, 0.25) is 5.69 Å². The SMILES string of the molecule is Cc1ccc2[nH]c3c4[n+](ccc3c2c1)-c1ccccc1C4=O.[Br-]. The molecule has 3 heterocycles. The monoisotopic (exact) mass is 364 g/mol. The van der Waals surface area contributed by atoms with Crippen LogP contribution in [0.1, 0.15) is 21.6 Å². The van der Waals surface area contributed by atoms with Crippen LogP contribution < -0.4 is 21.5 Å². The van der Waals surface area contributed by atoms with Gasteiger partial charge in [0.05, 0.1) is 0 Å². The number of aromatic nitrogens is 2. The Bertz CT molecular complexity index is 1110. The molecular weight excluding hydrogens is 352 g/mol. The van der Waals surface area contributed by atoms with Crippen LogP contribution in [0.5, 0.6) is 0 Å². The molecule has 0 saturated heterocycles. The number of ketones is 1. The number of H-pyrrole nitrogens is 1. The molecule has 0 aliphatic carbocycles. The van der Waals surface area contributed by atoms with E-state index in [-0.39, 0.29) is 22.8 Å². The summed E-state index contributed by atoms with van der Waals surface area (Å²) in [4.78, 5) is 16.2. The minimum atomic E-state index is 0. The topological polar surface area (TPSA) is 36.7 Å². The van der Waals surface area contributed by atoms with Gasteiger partial charge in [-0.25, -0.2) is 0 Å². The highest BCUT2D eigenvalue weighted by molar-refractivity contribution is 6.20. The summed E-state index contributed by atoms with van der Waals surface area (Å²) in [5.74, 6) is 0.0875. The lowest BCUT2D eigenvalue weighted by molar-refractivity contribution is -0.592. The number of fused-ring (bicyclic) bond motifs is 7. The summed E-state index contributed by atoms with van der Waals surface area (Å²) >= 11 is 0. The van der Waals surface area contributed by atoms with Crippen molar-refractivity contribution in [1.29, 1.82) is 0 Å². The molecule has 0 radical (unpaired) electrons. The van der Waals surface area contributed by atoms with Gasteiger partial charge in [-0.3, -0.25) is 4.79 Å². The molecule has 23 heavy (non-hydrogen) atoms. The third kappa shape index (κ3) is 1.75. The molecule has 4 aromatic rings. The Morgan fingerprint density at radius 3 is 2.70 bits per heavy atom. The first-order chi connectivity index (χ1) is 10.7. The normalized spacial score (nSPS) is 12.3. The summed E-state index contributed by atoms with van der Waals surface area (Å²) in [7, 11) is 0. The minimum absolute atomic E-state index is 0. The summed E-state index contributed by atoms with van der Waals surface area (Å²) in [6.45, 7) is 2.08. The molecule has 112 valence electrons. The molecule has 0 fully saturated rings. The summed E-state index contributed by atoms with van der Waals surface area (Å²) in [5, 5.41) is 2.27. The number of carbonyl (C=O) groups excluding carboxylic acids is 1. The lowest BCUT2D eigenvalue weighted by Gasteiger charge is -1.95. The van der Waals surface area contributed by atoms with Gasteiger partial charge in [0.1, 0.15) is 11.1 Å². The molecule has 0 unspecified atom stereocenters. The minimum Gasteiger partial charge on any atom is -1.00 e. The van der Waals surface area contributed by atoms with E-state index < -0.39 is 0 Å². The Hall–Kier alpha value is -2.46. The predicted octanol–water partition coefficient (Wildman–Crippen LogP) is 0.455. The quantitative estimate of drug-likeness (QED) is 0.398. The average molecular weight is 365 g/mol. The van der Waals surface area contributed by atoms with Crippen molar-refractivity contribution in [2.45, 2.75) is 6.92 Å². The van der Waals surface area contributed by atoms with Gasteiger partial charge < -0.3 is 22.0 Å². The van der Waals surface area contributed by atoms with Crippen molar-refractivity contribution in [3.8, 4) is 5.69 Å². The van der Waals surface area contributed by atoms with Gasteiger partial charge in [0.25, 0.3) is 11.5 Å². The van der Waals surface area contributed by atoms with Crippen molar-refractivity contribution in [2.75, 3.05) is 0 Å². The fraction of sp³-hybridized carbons (Fsp3) is 0.0526. The van der Waals surface area contributed by atoms with Crippen LogP contribution in [-0.4, -0.2) is 10.8 Å². The highest BCUT2D eigenvalue weighted by Crippen LogP contribution is 2.31. The molecule has 2 aromatic heterocycles. The Labute approximate surface area is 143 Å². The standard InChI is InChI=1S/C19H12N2O.BrH/c1-11-6-7-15-14(10-11)12-8-9-21-16-5-3-2-4-13(16)19(22)18(21)17(12)20-15;/h2-10H,1H3;1H. The lowest BCUT2D eigenvalue weighted by Crippen LogP contribution is -3.00. The summed E-state index contributed by atoms with van der Waals surface area (Å²) in [5.41, 5.74) is 5.66. The van der Waals surface area contributed by atoms with Crippen LogP contribution in [0.2, 0.25) is 0 Å². The van der Waals surface area contributed by atoms with Crippen molar-refractivity contribution in [3.63, 3.8) is 0 Å². The zero-order valence-electron chi connectivity index (χ0n) is 12.4. The van der Waals surface area contributed by atoms with Crippen molar-refractivity contribution in [2.24, 2.45) is 0 Å². The van der Waals surface area contributed by atoms with Crippen molar-refractivity contribution in [1.82, 2.24) is 4.98 Å². The molecule has 5 rings (SSSR count). The van der Waals surface area contributed by atoms with E-state index in [4.69, 9.17) is 0 Å². The molecule has 1 aliphatic rings. The second-order valence-corrected chi connectivity index (χ2v) is 5.84. The number of aryl methyl sites for hydroxylation is 1. The molecule has 1 N–H and O–H groups in total. The van der Waals surface area contributed by atoms with E-state index in [1.54, 1.807) is 0 Å². The predicted molar refractivity (Wildman–Crippen MR) is 85.5 cm³/mol. The molecule has 0 amide bonds. The smallest absolute Gasteiger partial charge is 0.284 e. The van der Waals surface area contributed by atoms with E-state index in [1.165, 1.54) is 10.9 Å². The van der Waals surface area contributed by atoms with Gasteiger partial charge in [-0.1, -0.05) is 23.8 Å². The molecule has 0 bridgehead atoms. The van der Waals surface area contributed by atoms with Crippen molar-refractivity contribution < 1.29 is 26.3 Å². The van der Waals surface area contributed by atoms with Crippen LogP contribution in [0.15, 0.2) is 54.7 Å². The number of nitrogens with zero attached hydrogens (tertiary/aromatic N) is 1. The van der Waals surface area contributed by atoms with Crippen molar-refractivity contribution >= 4 is 27.6 Å². The first kappa shape index (κ1) is 14.2. The summed E-state index contributed by atoms with van der Waals surface area (Å²) < 4.78 is 1.99. The van der Waals surface area contributed by atoms with E-state index in [2.05, 4.69) is 36.2 Å². The second-order valence-electron chi connectivity index (χ2n) is 5.84. The number of halogens is 1. The largest absolute Gasteiger partial charge is 1.00 e. The van der Waals surface area contributed by atoms with Gasteiger partial charge in [0.15, 0.2) is 6.20 Å². The second kappa shape index (κ2) is 4.77. The Morgan fingerprint density at radius 2 is 1.83 bits per heavy atom.